The van der Waals surface area contributed by atoms with E-state index in [-0.39, 0.29) is 17.2 Å². The summed E-state index contributed by atoms with van der Waals surface area (Å²) in [5.74, 6) is -0.138. The molecule has 4 heteroatoms. The van der Waals surface area contributed by atoms with E-state index in [0.29, 0.717) is 25.1 Å². The molecule has 2 rings (SSSR count). The third-order valence-corrected chi connectivity index (χ3v) is 4.49. The number of amides is 2. The topological polar surface area (TPSA) is 49.4 Å². The van der Waals surface area contributed by atoms with E-state index >= 15 is 0 Å². The number of hydrogen-bond donors (Lipinski definition) is 1. The van der Waals surface area contributed by atoms with Crippen LogP contribution in [0.4, 0.5) is 0 Å². The number of likely N-dealkylation sites (N-methyl/N-ethyl adjacent to an activating group) is 1. The summed E-state index contributed by atoms with van der Waals surface area (Å²) in [5.41, 5.74) is 1.19. The third kappa shape index (κ3) is 2.87. The Kier molecular flexibility index (Phi) is 4.32. The molecule has 2 amide bonds. The minimum absolute atomic E-state index is 0.0634. The summed E-state index contributed by atoms with van der Waals surface area (Å²) < 4.78 is 0. The molecule has 1 aliphatic heterocycles. The molecule has 1 aromatic rings. The Morgan fingerprint density at radius 2 is 1.82 bits per heavy atom. The van der Waals surface area contributed by atoms with Crippen LogP contribution in [0.1, 0.15) is 57.0 Å². The lowest BCUT2D eigenvalue weighted by Crippen LogP contribution is -2.67. The van der Waals surface area contributed by atoms with Gasteiger partial charge in [-0.15, -0.1) is 0 Å². The predicted molar refractivity (Wildman–Crippen MR) is 87.9 cm³/mol. The van der Waals surface area contributed by atoms with Crippen LogP contribution in [-0.2, 0) is 10.2 Å². The minimum Gasteiger partial charge on any atom is -0.354 e. The number of carbonyl (C=O) groups excluding carboxylic acids is 2. The Hall–Kier alpha value is -1.84. The van der Waals surface area contributed by atoms with Crippen LogP contribution in [-0.4, -0.2) is 35.3 Å². The van der Waals surface area contributed by atoms with Gasteiger partial charge in [-0.25, -0.2) is 0 Å². The van der Waals surface area contributed by atoms with Crippen molar-refractivity contribution in [3.05, 3.63) is 35.4 Å². The lowest BCUT2D eigenvalue weighted by Gasteiger charge is -2.49. The SMILES string of the molecule is CCNC(=O)C1(C)CCN1C(=O)c1ccc(C(C)(C)C)cc1. The van der Waals surface area contributed by atoms with E-state index in [1.54, 1.807) is 4.90 Å². The molecular weight excluding hydrogens is 276 g/mol. The number of nitrogens with one attached hydrogen (secondary N) is 1. The van der Waals surface area contributed by atoms with Crippen LogP contribution in [0.2, 0.25) is 0 Å². The molecule has 0 aliphatic carbocycles. The molecule has 1 atom stereocenters. The maximum atomic E-state index is 12.7. The molecule has 1 fully saturated rings. The van der Waals surface area contributed by atoms with E-state index in [9.17, 15) is 9.59 Å². The van der Waals surface area contributed by atoms with Crippen molar-refractivity contribution in [2.24, 2.45) is 0 Å². The molecule has 1 aliphatic rings. The third-order valence-electron chi connectivity index (χ3n) is 4.49. The van der Waals surface area contributed by atoms with Gasteiger partial charge in [-0.3, -0.25) is 9.59 Å². The molecule has 4 nitrogen and oxygen atoms in total. The first-order valence-corrected chi connectivity index (χ1v) is 7.91. The first-order valence-electron chi connectivity index (χ1n) is 7.91. The van der Waals surface area contributed by atoms with Crippen LogP contribution in [0.25, 0.3) is 0 Å². The van der Waals surface area contributed by atoms with Crippen molar-refractivity contribution in [1.29, 1.82) is 0 Å². The van der Waals surface area contributed by atoms with Crippen LogP contribution in [0.15, 0.2) is 24.3 Å². The minimum atomic E-state index is -0.713. The molecule has 0 radical (unpaired) electrons. The van der Waals surface area contributed by atoms with Crippen LogP contribution >= 0.6 is 0 Å². The van der Waals surface area contributed by atoms with E-state index in [2.05, 4.69) is 26.1 Å². The monoisotopic (exact) mass is 302 g/mol. The first-order chi connectivity index (χ1) is 10.2. The van der Waals surface area contributed by atoms with Crippen molar-refractivity contribution in [3.63, 3.8) is 0 Å². The van der Waals surface area contributed by atoms with Crippen LogP contribution in [0.5, 0.6) is 0 Å². The summed E-state index contributed by atoms with van der Waals surface area (Å²) in [6.45, 7) is 11.4. The lowest BCUT2D eigenvalue weighted by atomic mass is 9.84. The summed E-state index contributed by atoms with van der Waals surface area (Å²) in [4.78, 5) is 26.5. The van der Waals surface area contributed by atoms with Crippen molar-refractivity contribution in [1.82, 2.24) is 10.2 Å². The zero-order valence-corrected chi connectivity index (χ0v) is 14.2. The van der Waals surface area contributed by atoms with Gasteiger partial charge >= 0.3 is 0 Å². The average Bonchev–Trinajstić information content (AvgIpc) is 2.44. The quantitative estimate of drug-likeness (QED) is 0.933. The summed E-state index contributed by atoms with van der Waals surface area (Å²) in [7, 11) is 0. The zero-order chi connectivity index (χ0) is 16.5. The molecule has 1 saturated heterocycles. The number of hydrogen-bond acceptors (Lipinski definition) is 2. The smallest absolute Gasteiger partial charge is 0.254 e. The second-order valence-electron chi connectivity index (χ2n) is 7.17. The normalized spacial score (nSPS) is 21.2. The molecule has 0 spiro atoms. The Morgan fingerprint density at radius 1 is 1.23 bits per heavy atom. The van der Waals surface area contributed by atoms with Gasteiger partial charge in [-0.2, -0.15) is 0 Å². The largest absolute Gasteiger partial charge is 0.354 e. The highest BCUT2D eigenvalue weighted by molar-refractivity contribution is 6.00. The van der Waals surface area contributed by atoms with Crippen LogP contribution < -0.4 is 5.32 Å². The second kappa shape index (κ2) is 5.75. The van der Waals surface area contributed by atoms with Gasteiger partial charge in [0, 0.05) is 18.7 Å². The molecule has 1 unspecified atom stereocenters. The lowest BCUT2D eigenvalue weighted by molar-refractivity contribution is -0.137. The number of rotatable bonds is 3. The first kappa shape index (κ1) is 16.5. The van der Waals surface area contributed by atoms with Crippen LogP contribution in [0, 0.1) is 0 Å². The highest BCUT2D eigenvalue weighted by atomic mass is 16.2. The van der Waals surface area contributed by atoms with E-state index in [4.69, 9.17) is 0 Å². The molecule has 0 aromatic heterocycles. The highest BCUT2D eigenvalue weighted by Crippen LogP contribution is 2.32. The Labute approximate surface area is 132 Å². The fraction of sp³-hybridized carbons (Fsp3) is 0.556. The molecule has 22 heavy (non-hydrogen) atoms. The van der Waals surface area contributed by atoms with Gasteiger partial charge in [-0.05, 0) is 43.4 Å². The van der Waals surface area contributed by atoms with Gasteiger partial charge in [0.2, 0.25) is 5.91 Å². The molecule has 0 saturated carbocycles. The van der Waals surface area contributed by atoms with Crippen molar-refractivity contribution >= 4 is 11.8 Å². The summed E-state index contributed by atoms with van der Waals surface area (Å²) in [6.07, 6.45) is 0.713. The molecule has 0 bridgehead atoms. The summed E-state index contributed by atoms with van der Waals surface area (Å²) in [5, 5.41) is 2.82. The number of likely N-dealkylation sites (tertiary alicyclic amines) is 1. The molecule has 1 aromatic carbocycles. The molecule has 120 valence electrons. The van der Waals surface area contributed by atoms with Crippen molar-refractivity contribution in [3.8, 4) is 0 Å². The van der Waals surface area contributed by atoms with Gasteiger partial charge in [0.25, 0.3) is 5.91 Å². The van der Waals surface area contributed by atoms with E-state index in [0.717, 1.165) is 0 Å². The van der Waals surface area contributed by atoms with Crippen molar-refractivity contribution < 1.29 is 9.59 Å². The fourth-order valence-corrected chi connectivity index (χ4v) is 2.74. The van der Waals surface area contributed by atoms with Crippen molar-refractivity contribution in [2.45, 2.75) is 52.0 Å². The number of benzene rings is 1. The average molecular weight is 302 g/mol. The summed E-state index contributed by atoms with van der Waals surface area (Å²) in [6, 6.07) is 7.71. The molecular formula is C18H26N2O2. The van der Waals surface area contributed by atoms with Gasteiger partial charge in [0.15, 0.2) is 0 Å². The Bertz CT molecular complexity index is 572. The number of nitrogens with zero attached hydrogens (tertiary/aromatic N) is 1. The zero-order valence-electron chi connectivity index (χ0n) is 14.2. The van der Waals surface area contributed by atoms with E-state index in [1.165, 1.54) is 5.56 Å². The van der Waals surface area contributed by atoms with Crippen LogP contribution in [0.3, 0.4) is 0 Å². The highest BCUT2D eigenvalue weighted by Gasteiger charge is 2.49. The fourth-order valence-electron chi connectivity index (χ4n) is 2.74. The number of carbonyl (C=O) groups is 2. The molecule has 1 N–H and O–H groups in total. The van der Waals surface area contributed by atoms with Gasteiger partial charge < -0.3 is 10.2 Å². The Balaban J connectivity index is 2.17. The standard InChI is InChI=1S/C18H26N2O2/c1-6-19-16(22)18(5)11-12-20(18)15(21)13-7-9-14(10-8-13)17(2,3)4/h7-10H,6,11-12H2,1-5H3,(H,19,22). The maximum Gasteiger partial charge on any atom is 0.254 e. The van der Waals surface area contributed by atoms with Gasteiger partial charge in [-0.1, -0.05) is 32.9 Å². The van der Waals surface area contributed by atoms with Gasteiger partial charge in [0.1, 0.15) is 5.54 Å². The van der Waals surface area contributed by atoms with E-state index < -0.39 is 5.54 Å². The predicted octanol–water partition coefficient (Wildman–Crippen LogP) is 2.72. The maximum absolute atomic E-state index is 12.7. The Morgan fingerprint density at radius 3 is 2.23 bits per heavy atom. The molecule has 1 heterocycles. The second-order valence-corrected chi connectivity index (χ2v) is 7.17. The summed E-state index contributed by atoms with van der Waals surface area (Å²) >= 11 is 0. The van der Waals surface area contributed by atoms with Gasteiger partial charge in [0.05, 0.1) is 0 Å². The van der Waals surface area contributed by atoms with Crippen molar-refractivity contribution in [2.75, 3.05) is 13.1 Å². The van der Waals surface area contributed by atoms with E-state index in [1.807, 2.05) is 38.1 Å².